The molecule has 0 radical (unpaired) electrons. The second kappa shape index (κ2) is 6.42. The van der Waals surface area contributed by atoms with Crippen molar-refractivity contribution in [1.29, 1.82) is 0 Å². The number of thioether (sulfide) groups is 1. The Morgan fingerprint density at radius 3 is 2.88 bits per heavy atom. The molecular formula is C12H17NO2S2. The molecule has 94 valence electrons. The van der Waals surface area contributed by atoms with E-state index in [4.69, 9.17) is 5.11 Å². The summed E-state index contributed by atoms with van der Waals surface area (Å²) in [5.74, 6) is 0.354. The van der Waals surface area contributed by atoms with E-state index in [-0.39, 0.29) is 5.92 Å². The van der Waals surface area contributed by atoms with Gasteiger partial charge >= 0.3 is 5.97 Å². The van der Waals surface area contributed by atoms with Gasteiger partial charge in [0, 0.05) is 12.3 Å². The van der Waals surface area contributed by atoms with Gasteiger partial charge in [0.15, 0.2) is 0 Å². The van der Waals surface area contributed by atoms with E-state index in [0.29, 0.717) is 0 Å². The number of thiophene rings is 1. The molecule has 1 saturated heterocycles. The molecule has 1 fully saturated rings. The first-order valence-electron chi connectivity index (χ1n) is 5.87. The summed E-state index contributed by atoms with van der Waals surface area (Å²) in [6, 6.07) is 4.22. The maximum Gasteiger partial charge on any atom is 0.306 e. The zero-order chi connectivity index (χ0) is 12.1. The summed E-state index contributed by atoms with van der Waals surface area (Å²) in [4.78, 5) is 13.2. The lowest BCUT2D eigenvalue weighted by molar-refractivity contribution is -0.143. The number of hydrogen-bond donors (Lipinski definition) is 1. The van der Waals surface area contributed by atoms with Gasteiger partial charge in [0.2, 0.25) is 0 Å². The molecule has 0 aromatic carbocycles. The lowest BCUT2D eigenvalue weighted by Gasteiger charge is -2.29. The Bertz CT molecular complexity index is 345. The molecule has 1 aromatic rings. The van der Waals surface area contributed by atoms with Crippen LogP contribution in [0.2, 0.25) is 0 Å². The number of carboxylic acids is 1. The molecule has 5 heteroatoms. The topological polar surface area (TPSA) is 40.5 Å². The number of aliphatic carboxylic acids is 1. The fraction of sp³-hybridized carbons (Fsp3) is 0.583. The van der Waals surface area contributed by atoms with E-state index < -0.39 is 5.97 Å². The highest BCUT2D eigenvalue weighted by Crippen LogP contribution is 2.24. The van der Waals surface area contributed by atoms with Crippen molar-refractivity contribution in [2.75, 3.05) is 25.4 Å². The summed E-state index contributed by atoms with van der Waals surface area (Å²) < 4.78 is 1.37. The van der Waals surface area contributed by atoms with Gasteiger partial charge in [0.05, 0.1) is 10.1 Å². The average Bonchev–Trinajstić information content (AvgIpc) is 2.83. The highest BCUT2D eigenvalue weighted by molar-refractivity contribution is 8.01. The Balaban J connectivity index is 1.63. The Hall–Kier alpha value is -0.520. The standard InChI is InChI=1S/C12H17NO2S2/c14-12(15)10-3-5-13(6-4-10)7-9-17-11-2-1-8-16-11/h1-2,8,10H,3-7,9H2,(H,14,15). The van der Waals surface area contributed by atoms with Crippen LogP contribution in [0.3, 0.4) is 0 Å². The molecule has 0 aliphatic carbocycles. The van der Waals surface area contributed by atoms with Crippen molar-refractivity contribution >= 4 is 29.1 Å². The largest absolute Gasteiger partial charge is 0.481 e. The number of piperidine rings is 1. The minimum absolute atomic E-state index is 0.115. The van der Waals surface area contributed by atoms with Crippen LogP contribution in [0.1, 0.15) is 12.8 Å². The third-order valence-electron chi connectivity index (χ3n) is 3.08. The molecule has 0 bridgehead atoms. The van der Waals surface area contributed by atoms with E-state index in [0.717, 1.165) is 38.2 Å². The van der Waals surface area contributed by atoms with Gasteiger partial charge in [-0.05, 0) is 37.4 Å². The number of carbonyl (C=O) groups is 1. The molecule has 2 heterocycles. The number of rotatable bonds is 5. The SMILES string of the molecule is O=C(O)C1CCN(CCSc2cccs2)CC1. The Morgan fingerprint density at radius 1 is 1.53 bits per heavy atom. The minimum atomic E-state index is -0.627. The maximum atomic E-state index is 10.8. The van der Waals surface area contributed by atoms with Crippen molar-refractivity contribution in [3.8, 4) is 0 Å². The Kier molecular flexibility index (Phi) is 4.88. The summed E-state index contributed by atoms with van der Waals surface area (Å²) >= 11 is 3.67. The molecule has 0 unspecified atom stereocenters. The fourth-order valence-corrected chi connectivity index (χ4v) is 3.89. The van der Waals surface area contributed by atoms with Crippen LogP contribution in [0.5, 0.6) is 0 Å². The lowest BCUT2D eigenvalue weighted by atomic mass is 9.97. The van der Waals surface area contributed by atoms with Crippen molar-refractivity contribution in [2.24, 2.45) is 5.92 Å². The third-order valence-corrected chi connectivity index (χ3v) is 5.19. The van der Waals surface area contributed by atoms with Crippen molar-refractivity contribution < 1.29 is 9.90 Å². The van der Waals surface area contributed by atoms with Gasteiger partial charge in [-0.25, -0.2) is 0 Å². The van der Waals surface area contributed by atoms with Crippen LogP contribution in [0.15, 0.2) is 21.7 Å². The Labute approximate surface area is 110 Å². The molecular weight excluding hydrogens is 254 g/mol. The molecule has 0 spiro atoms. The number of hydrogen-bond acceptors (Lipinski definition) is 4. The number of nitrogens with zero attached hydrogens (tertiary/aromatic N) is 1. The van der Waals surface area contributed by atoms with Gasteiger partial charge in [0.25, 0.3) is 0 Å². The molecule has 1 N–H and O–H groups in total. The van der Waals surface area contributed by atoms with Gasteiger partial charge < -0.3 is 10.0 Å². The summed E-state index contributed by atoms with van der Waals surface area (Å²) in [7, 11) is 0. The second-order valence-electron chi connectivity index (χ2n) is 4.23. The summed E-state index contributed by atoms with van der Waals surface area (Å²) in [5, 5.41) is 11.0. The van der Waals surface area contributed by atoms with Crippen LogP contribution in [0.25, 0.3) is 0 Å². The second-order valence-corrected chi connectivity index (χ2v) is 6.58. The normalized spacial score (nSPS) is 18.4. The molecule has 1 aliphatic heterocycles. The average molecular weight is 271 g/mol. The van der Waals surface area contributed by atoms with Crippen LogP contribution in [-0.2, 0) is 4.79 Å². The van der Waals surface area contributed by atoms with E-state index in [1.54, 1.807) is 11.3 Å². The molecule has 2 rings (SSSR count). The van der Waals surface area contributed by atoms with Gasteiger partial charge in [-0.15, -0.1) is 23.1 Å². The molecule has 0 atom stereocenters. The van der Waals surface area contributed by atoms with Gasteiger partial charge in [-0.2, -0.15) is 0 Å². The monoisotopic (exact) mass is 271 g/mol. The minimum Gasteiger partial charge on any atom is -0.481 e. The van der Waals surface area contributed by atoms with Gasteiger partial charge in [0.1, 0.15) is 0 Å². The van der Waals surface area contributed by atoms with Crippen LogP contribution in [0.4, 0.5) is 0 Å². The van der Waals surface area contributed by atoms with E-state index >= 15 is 0 Å². The van der Waals surface area contributed by atoms with Crippen LogP contribution < -0.4 is 0 Å². The predicted octanol–water partition coefficient (Wildman–Crippen LogP) is 2.64. The van der Waals surface area contributed by atoms with E-state index in [1.165, 1.54) is 4.21 Å². The van der Waals surface area contributed by atoms with Gasteiger partial charge in [-0.1, -0.05) is 6.07 Å². The molecule has 17 heavy (non-hydrogen) atoms. The summed E-state index contributed by atoms with van der Waals surface area (Å²) in [6.45, 7) is 2.93. The first kappa shape index (κ1) is 12.9. The Morgan fingerprint density at radius 2 is 2.29 bits per heavy atom. The summed E-state index contributed by atoms with van der Waals surface area (Å²) in [6.07, 6.45) is 1.61. The molecule has 1 aliphatic rings. The smallest absolute Gasteiger partial charge is 0.306 e. The zero-order valence-corrected chi connectivity index (χ0v) is 11.3. The van der Waals surface area contributed by atoms with E-state index in [1.807, 2.05) is 11.8 Å². The van der Waals surface area contributed by atoms with Gasteiger partial charge in [-0.3, -0.25) is 4.79 Å². The van der Waals surface area contributed by atoms with Crippen molar-refractivity contribution in [3.05, 3.63) is 17.5 Å². The van der Waals surface area contributed by atoms with Crippen LogP contribution in [0, 0.1) is 5.92 Å². The molecule has 0 saturated carbocycles. The number of likely N-dealkylation sites (tertiary alicyclic amines) is 1. The van der Waals surface area contributed by atoms with Crippen molar-refractivity contribution in [1.82, 2.24) is 4.90 Å². The molecule has 3 nitrogen and oxygen atoms in total. The highest BCUT2D eigenvalue weighted by atomic mass is 32.2. The first-order valence-corrected chi connectivity index (χ1v) is 7.73. The zero-order valence-electron chi connectivity index (χ0n) is 9.67. The van der Waals surface area contributed by atoms with Crippen molar-refractivity contribution in [3.63, 3.8) is 0 Å². The highest BCUT2D eigenvalue weighted by Gasteiger charge is 2.23. The van der Waals surface area contributed by atoms with E-state index in [2.05, 4.69) is 22.4 Å². The number of carboxylic acid groups (broad SMARTS) is 1. The van der Waals surface area contributed by atoms with Crippen LogP contribution in [-0.4, -0.2) is 41.4 Å². The van der Waals surface area contributed by atoms with Crippen molar-refractivity contribution in [2.45, 2.75) is 17.1 Å². The first-order chi connectivity index (χ1) is 8.25. The van der Waals surface area contributed by atoms with Crippen LogP contribution >= 0.6 is 23.1 Å². The quantitative estimate of drug-likeness (QED) is 0.836. The maximum absolute atomic E-state index is 10.8. The summed E-state index contributed by atoms with van der Waals surface area (Å²) in [5.41, 5.74) is 0. The molecule has 1 aromatic heterocycles. The molecule has 0 amide bonds. The van der Waals surface area contributed by atoms with E-state index in [9.17, 15) is 4.79 Å². The fourth-order valence-electron chi connectivity index (χ4n) is 2.02. The lowest BCUT2D eigenvalue weighted by Crippen LogP contribution is -2.37. The predicted molar refractivity (Wildman–Crippen MR) is 71.8 cm³/mol. The third kappa shape index (κ3) is 4.01.